The zero-order chi connectivity index (χ0) is 30.1. The van der Waals surface area contributed by atoms with Crippen molar-refractivity contribution in [2.24, 2.45) is 4.99 Å². The van der Waals surface area contributed by atoms with E-state index >= 15 is 0 Å². The van der Waals surface area contributed by atoms with E-state index < -0.39 is 42.9 Å². The zero-order valence-electron chi connectivity index (χ0n) is 21.5. The van der Waals surface area contributed by atoms with Crippen LogP contribution in [0.5, 0.6) is 0 Å². The smallest absolute Gasteiger partial charge is 0.413 e. The number of alkyl carbamates (subject to hydrolysis) is 1. The van der Waals surface area contributed by atoms with Crippen molar-refractivity contribution in [3.8, 4) is 0 Å². The Bertz CT molecular complexity index is 1250. The Kier molecular flexibility index (Phi) is 15.1. The monoisotopic (exact) mass is 595 g/mol. The molecule has 0 aliphatic rings. The fraction of sp³-hybridized carbons (Fsp3) is 0.280. The predicted molar refractivity (Wildman–Crippen MR) is 145 cm³/mol. The maximum absolute atomic E-state index is 12.6. The van der Waals surface area contributed by atoms with E-state index in [0.717, 1.165) is 0 Å². The summed E-state index contributed by atoms with van der Waals surface area (Å²) in [7, 11) is 0. The number of benzene rings is 2. The van der Waals surface area contributed by atoms with Crippen molar-refractivity contribution in [1.29, 1.82) is 0 Å². The van der Waals surface area contributed by atoms with Gasteiger partial charge in [-0.2, -0.15) is 9.59 Å². The third-order valence-corrected chi connectivity index (χ3v) is 5.05. The van der Waals surface area contributed by atoms with Gasteiger partial charge in [0.1, 0.15) is 0 Å². The molecule has 0 aliphatic heterocycles. The van der Waals surface area contributed by atoms with Crippen LogP contribution in [-0.4, -0.2) is 60.8 Å². The van der Waals surface area contributed by atoms with Crippen molar-refractivity contribution in [3.63, 3.8) is 0 Å². The zero-order valence-corrected chi connectivity index (χ0v) is 23.0. The molecular weight excluding hydrogens is 569 g/mol. The van der Waals surface area contributed by atoms with Gasteiger partial charge in [-0.1, -0.05) is 29.3 Å². The molecule has 2 aromatic rings. The van der Waals surface area contributed by atoms with E-state index in [1.54, 1.807) is 26.0 Å². The molecule has 0 spiro atoms. The first-order valence-corrected chi connectivity index (χ1v) is 12.4. The lowest BCUT2D eigenvalue weighted by Crippen LogP contribution is -2.39. The van der Waals surface area contributed by atoms with Crippen LogP contribution in [0.3, 0.4) is 0 Å². The fourth-order valence-electron chi connectivity index (χ4n) is 3.12. The maximum atomic E-state index is 12.6. The number of anilines is 1. The van der Waals surface area contributed by atoms with E-state index in [1.807, 2.05) is 0 Å². The van der Waals surface area contributed by atoms with Crippen LogP contribution in [0.2, 0.25) is 10.0 Å². The Hall–Kier alpha value is -4.45. The Morgan fingerprint density at radius 1 is 1.05 bits per heavy atom. The van der Waals surface area contributed by atoms with Gasteiger partial charge in [0.25, 0.3) is 5.91 Å². The molecule has 3 amide bonds. The minimum absolute atomic E-state index is 0.142. The molecule has 0 aromatic heterocycles. The number of hydrogen-bond acceptors (Lipinski definition) is 8. The highest BCUT2D eigenvalue weighted by Crippen LogP contribution is 2.25. The molecule has 214 valence electrons. The van der Waals surface area contributed by atoms with Crippen molar-refractivity contribution < 1.29 is 38.6 Å². The third-order valence-electron chi connectivity index (χ3n) is 4.61. The minimum atomic E-state index is -1.14. The van der Waals surface area contributed by atoms with Gasteiger partial charge in [0.2, 0.25) is 11.9 Å². The lowest BCUT2D eigenvalue weighted by Gasteiger charge is -2.18. The molecule has 0 fully saturated rings. The quantitative estimate of drug-likeness (QED) is 0.203. The highest BCUT2D eigenvalue weighted by molar-refractivity contribution is 6.34. The Morgan fingerprint density at radius 2 is 1.70 bits per heavy atom. The van der Waals surface area contributed by atoms with Crippen LogP contribution < -0.4 is 21.3 Å². The van der Waals surface area contributed by atoms with Crippen molar-refractivity contribution in [2.75, 3.05) is 25.0 Å². The van der Waals surface area contributed by atoms with Gasteiger partial charge in [0.15, 0.2) is 0 Å². The molecule has 0 radical (unpaired) electrons. The number of nitrogens with zero attached hydrogens (tertiary/aromatic N) is 1. The summed E-state index contributed by atoms with van der Waals surface area (Å²) in [6.45, 7) is 3.62. The number of nitrogens with one attached hydrogen (secondary N) is 4. The summed E-state index contributed by atoms with van der Waals surface area (Å²) in [4.78, 5) is 68.5. The third kappa shape index (κ3) is 12.9. The summed E-state index contributed by atoms with van der Waals surface area (Å²) in [6.07, 6.45) is -0.839. The molecule has 1 atom stereocenters. The van der Waals surface area contributed by atoms with Gasteiger partial charge in [0, 0.05) is 27.8 Å². The first-order valence-electron chi connectivity index (χ1n) is 11.6. The summed E-state index contributed by atoms with van der Waals surface area (Å²) in [5.41, 5.74) is 1.10. The summed E-state index contributed by atoms with van der Waals surface area (Å²) < 4.78 is 4.84. The molecule has 0 heterocycles. The number of carboxylic acid groups (broad SMARTS) is 1. The van der Waals surface area contributed by atoms with Crippen LogP contribution in [-0.2, 0) is 23.9 Å². The first kappa shape index (κ1) is 33.6. The molecule has 2 rings (SSSR count). The largest absolute Gasteiger partial charge is 0.481 e. The number of carboxylic acids is 1. The van der Waals surface area contributed by atoms with Crippen molar-refractivity contribution in [2.45, 2.75) is 26.3 Å². The van der Waals surface area contributed by atoms with E-state index in [-0.39, 0.29) is 24.3 Å². The first-order chi connectivity index (χ1) is 19.0. The fourth-order valence-corrected chi connectivity index (χ4v) is 3.66. The van der Waals surface area contributed by atoms with Gasteiger partial charge in [-0.25, -0.2) is 4.79 Å². The number of ether oxygens (including phenoxy) is 1. The summed E-state index contributed by atoms with van der Waals surface area (Å²) in [5.74, 6) is -2.16. The Morgan fingerprint density at radius 3 is 2.27 bits per heavy atom. The number of amides is 3. The van der Waals surface area contributed by atoms with Crippen LogP contribution >= 0.6 is 23.2 Å². The molecule has 0 saturated heterocycles. The molecule has 0 aliphatic carbocycles. The standard InChI is InChI=1S/C24H27Cl2N5O6.CO2/c1-3-27-23(31-24(36)37-4-2)29-18-7-5-6-14(10-18)22(35)28-13-20(32)30-19(12-21(33)34)15-8-16(25)11-17(26)9-15;2-1-3/h5-11,19H,3-4,12-13H2,1-2H3,(H,28,35)(H,30,32)(H,33,34)(H2,27,29,31,36);. The van der Waals surface area contributed by atoms with Crippen molar-refractivity contribution in [1.82, 2.24) is 16.0 Å². The van der Waals surface area contributed by atoms with Crippen molar-refractivity contribution >= 4 is 64.9 Å². The average molecular weight is 596 g/mol. The molecular formula is C25H27Cl2N5O8. The van der Waals surface area contributed by atoms with Crippen molar-refractivity contribution in [3.05, 3.63) is 63.6 Å². The molecule has 0 saturated carbocycles. The summed E-state index contributed by atoms with van der Waals surface area (Å²) >= 11 is 12.0. The molecule has 0 bridgehead atoms. The van der Waals surface area contributed by atoms with Gasteiger partial charge < -0.3 is 25.8 Å². The summed E-state index contributed by atoms with van der Waals surface area (Å²) in [6, 6.07) is 9.90. The predicted octanol–water partition coefficient (Wildman–Crippen LogP) is 3.01. The second-order valence-electron chi connectivity index (χ2n) is 7.56. The molecule has 2 aromatic carbocycles. The molecule has 5 N–H and O–H groups in total. The normalized spacial score (nSPS) is 11.1. The van der Waals surface area contributed by atoms with Gasteiger partial charge >= 0.3 is 18.2 Å². The second-order valence-corrected chi connectivity index (χ2v) is 8.43. The number of aliphatic carboxylic acids is 1. The number of guanidine groups is 1. The molecule has 40 heavy (non-hydrogen) atoms. The Balaban J connectivity index is 0.00000254. The number of aliphatic imine (C=N–C) groups is 1. The number of hydrogen-bond donors (Lipinski definition) is 5. The SMILES string of the molecule is CCN=C(NC(=O)OCC)Nc1cccc(C(=O)NCC(=O)NC(CC(=O)O)c2cc(Cl)cc(Cl)c2)c1.O=C=O. The lowest BCUT2D eigenvalue weighted by atomic mass is 10.0. The average Bonchev–Trinajstić information content (AvgIpc) is 2.87. The van der Waals surface area contributed by atoms with E-state index in [2.05, 4.69) is 26.3 Å². The van der Waals surface area contributed by atoms with Crippen LogP contribution in [0.15, 0.2) is 47.5 Å². The van der Waals surface area contributed by atoms with E-state index in [0.29, 0.717) is 27.8 Å². The number of carbonyl (C=O) groups is 4. The molecule has 13 nitrogen and oxygen atoms in total. The number of rotatable bonds is 10. The lowest BCUT2D eigenvalue weighted by molar-refractivity contribution is -0.191. The van der Waals surface area contributed by atoms with Crippen LogP contribution in [0.25, 0.3) is 0 Å². The topological polar surface area (TPSA) is 192 Å². The van der Waals surface area contributed by atoms with Gasteiger partial charge in [-0.05, 0) is 55.8 Å². The van der Waals surface area contributed by atoms with E-state index in [4.69, 9.17) is 37.5 Å². The van der Waals surface area contributed by atoms with Crippen LogP contribution in [0.1, 0.15) is 42.2 Å². The van der Waals surface area contributed by atoms with E-state index in [9.17, 15) is 24.3 Å². The van der Waals surface area contributed by atoms with Gasteiger partial charge in [-0.15, -0.1) is 0 Å². The van der Waals surface area contributed by atoms with Crippen LogP contribution in [0, 0.1) is 0 Å². The van der Waals surface area contributed by atoms with Gasteiger partial charge in [-0.3, -0.25) is 24.7 Å². The minimum Gasteiger partial charge on any atom is -0.481 e. The molecule has 1 unspecified atom stereocenters. The summed E-state index contributed by atoms with van der Waals surface area (Å²) in [5, 5.41) is 20.2. The second kappa shape index (κ2) is 17.9. The molecule has 15 heteroatoms. The number of halogens is 2. The van der Waals surface area contributed by atoms with E-state index in [1.165, 1.54) is 30.3 Å². The Labute approximate surface area is 239 Å². The number of carbonyl (C=O) groups excluding carboxylic acids is 5. The maximum Gasteiger partial charge on any atom is 0.413 e. The highest BCUT2D eigenvalue weighted by Gasteiger charge is 2.20. The highest BCUT2D eigenvalue weighted by atomic mass is 35.5. The van der Waals surface area contributed by atoms with Crippen LogP contribution in [0.4, 0.5) is 10.5 Å². The van der Waals surface area contributed by atoms with Gasteiger partial charge in [0.05, 0.1) is 25.6 Å².